The minimum absolute atomic E-state index is 0.104. The molecule has 0 atom stereocenters. The van der Waals surface area contributed by atoms with E-state index in [1.54, 1.807) is 23.1 Å². The Morgan fingerprint density at radius 1 is 1.24 bits per heavy atom. The quantitative estimate of drug-likeness (QED) is 0.846. The molecule has 2 aromatic carbocycles. The molecule has 0 aliphatic heterocycles. The lowest BCUT2D eigenvalue weighted by molar-refractivity contribution is 0.0986. The standard InChI is InChI=1S/C17H20N2O2/c1-3-10-19(16-7-5-4-6-15(16)18)17(21)14-9-8-13(20)11-12(14)2/h4-9,11,20H,3,10,18H2,1-2H3. The first-order chi connectivity index (χ1) is 10.0. The van der Waals surface area contributed by atoms with Crippen molar-refractivity contribution in [3.05, 3.63) is 53.6 Å². The van der Waals surface area contributed by atoms with Gasteiger partial charge in [-0.2, -0.15) is 0 Å². The van der Waals surface area contributed by atoms with Crippen molar-refractivity contribution in [3.63, 3.8) is 0 Å². The second-order valence-corrected chi connectivity index (χ2v) is 5.01. The third-order valence-electron chi connectivity index (χ3n) is 3.36. The number of hydrogen-bond acceptors (Lipinski definition) is 3. The fraction of sp³-hybridized carbons (Fsp3) is 0.235. The molecule has 0 saturated carbocycles. The lowest BCUT2D eigenvalue weighted by Gasteiger charge is -2.24. The molecule has 0 unspecified atom stereocenters. The maximum atomic E-state index is 12.8. The first-order valence-electron chi connectivity index (χ1n) is 7.00. The van der Waals surface area contributed by atoms with Gasteiger partial charge in [-0.15, -0.1) is 0 Å². The number of nitrogen functional groups attached to an aromatic ring is 1. The monoisotopic (exact) mass is 284 g/mol. The maximum Gasteiger partial charge on any atom is 0.258 e. The van der Waals surface area contributed by atoms with Crippen LogP contribution in [0.15, 0.2) is 42.5 Å². The predicted octanol–water partition coefficient (Wildman–Crippen LogP) is 3.34. The number of benzene rings is 2. The van der Waals surface area contributed by atoms with Gasteiger partial charge in [0, 0.05) is 12.1 Å². The first kappa shape index (κ1) is 14.9. The van der Waals surface area contributed by atoms with Gasteiger partial charge in [0.1, 0.15) is 5.75 Å². The predicted molar refractivity (Wildman–Crippen MR) is 85.7 cm³/mol. The Morgan fingerprint density at radius 3 is 2.57 bits per heavy atom. The maximum absolute atomic E-state index is 12.8. The van der Waals surface area contributed by atoms with Crippen molar-refractivity contribution in [2.75, 3.05) is 17.2 Å². The molecule has 2 rings (SSSR count). The summed E-state index contributed by atoms with van der Waals surface area (Å²) in [4.78, 5) is 14.5. The van der Waals surface area contributed by atoms with E-state index in [1.807, 2.05) is 32.0 Å². The van der Waals surface area contributed by atoms with Crippen molar-refractivity contribution >= 4 is 17.3 Å². The molecule has 0 bridgehead atoms. The molecule has 0 aromatic heterocycles. The Hall–Kier alpha value is -2.49. The molecule has 4 heteroatoms. The first-order valence-corrected chi connectivity index (χ1v) is 7.00. The molecule has 110 valence electrons. The number of anilines is 2. The zero-order valence-electron chi connectivity index (χ0n) is 12.3. The van der Waals surface area contributed by atoms with Crippen LogP contribution in [0.4, 0.5) is 11.4 Å². The molecular weight excluding hydrogens is 264 g/mol. The van der Waals surface area contributed by atoms with Crippen molar-refractivity contribution in [1.82, 2.24) is 0 Å². The molecule has 0 fully saturated rings. The molecule has 21 heavy (non-hydrogen) atoms. The number of aromatic hydroxyl groups is 1. The normalized spacial score (nSPS) is 10.4. The average Bonchev–Trinajstić information content (AvgIpc) is 2.45. The molecule has 0 radical (unpaired) electrons. The lowest BCUT2D eigenvalue weighted by atomic mass is 10.1. The molecule has 0 aliphatic rings. The summed E-state index contributed by atoms with van der Waals surface area (Å²) in [5.41, 5.74) is 8.61. The molecule has 0 saturated heterocycles. The average molecular weight is 284 g/mol. The van der Waals surface area contributed by atoms with Gasteiger partial charge in [0.05, 0.1) is 11.4 Å². The van der Waals surface area contributed by atoms with E-state index >= 15 is 0 Å². The molecule has 4 nitrogen and oxygen atoms in total. The number of nitrogens with two attached hydrogens (primary N) is 1. The minimum Gasteiger partial charge on any atom is -0.508 e. The van der Waals surface area contributed by atoms with Crippen molar-refractivity contribution < 1.29 is 9.90 Å². The highest BCUT2D eigenvalue weighted by atomic mass is 16.3. The van der Waals surface area contributed by atoms with Gasteiger partial charge in [0.15, 0.2) is 0 Å². The fourth-order valence-electron chi connectivity index (χ4n) is 2.32. The third-order valence-corrected chi connectivity index (χ3v) is 3.36. The van der Waals surface area contributed by atoms with Crippen LogP contribution in [-0.4, -0.2) is 17.6 Å². The Bertz CT molecular complexity index is 653. The summed E-state index contributed by atoms with van der Waals surface area (Å²) < 4.78 is 0. The second-order valence-electron chi connectivity index (χ2n) is 5.01. The van der Waals surface area contributed by atoms with Crippen molar-refractivity contribution in [2.45, 2.75) is 20.3 Å². The van der Waals surface area contributed by atoms with Gasteiger partial charge in [0.25, 0.3) is 5.91 Å². The zero-order valence-corrected chi connectivity index (χ0v) is 12.3. The van der Waals surface area contributed by atoms with Crippen LogP contribution in [0.1, 0.15) is 29.3 Å². The number of rotatable bonds is 4. The van der Waals surface area contributed by atoms with Crippen LogP contribution >= 0.6 is 0 Å². The number of aryl methyl sites for hydroxylation is 1. The van der Waals surface area contributed by atoms with Crippen LogP contribution in [0.5, 0.6) is 5.75 Å². The van der Waals surface area contributed by atoms with Crippen molar-refractivity contribution in [2.24, 2.45) is 0 Å². The number of amides is 1. The van der Waals surface area contributed by atoms with Crippen LogP contribution in [0.2, 0.25) is 0 Å². The highest BCUT2D eigenvalue weighted by molar-refractivity contribution is 6.08. The number of hydrogen-bond donors (Lipinski definition) is 2. The Morgan fingerprint density at radius 2 is 1.95 bits per heavy atom. The molecule has 1 amide bonds. The minimum atomic E-state index is -0.104. The topological polar surface area (TPSA) is 66.6 Å². The van der Waals surface area contributed by atoms with Gasteiger partial charge in [-0.05, 0) is 49.2 Å². The van der Waals surface area contributed by atoms with E-state index < -0.39 is 0 Å². The van der Waals surface area contributed by atoms with Crippen molar-refractivity contribution in [1.29, 1.82) is 0 Å². The molecule has 0 spiro atoms. The van der Waals surface area contributed by atoms with Crippen molar-refractivity contribution in [3.8, 4) is 5.75 Å². The van der Waals surface area contributed by atoms with Crippen LogP contribution in [0, 0.1) is 6.92 Å². The summed E-state index contributed by atoms with van der Waals surface area (Å²) >= 11 is 0. The third kappa shape index (κ3) is 3.16. The Labute approximate surface area is 124 Å². The lowest BCUT2D eigenvalue weighted by Crippen LogP contribution is -2.32. The Balaban J connectivity index is 2.43. The highest BCUT2D eigenvalue weighted by Crippen LogP contribution is 2.26. The second kappa shape index (κ2) is 6.31. The molecular formula is C17H20N2O2. The summed E-state index contributed by atoms with van der Waals surface area (Å²) in [6, 6.07) is 12.1. The van der Waals surface area contributed by atoms with E-state index in [4.69, 9.17) is 5.73 Å². The summed E-state index contributed by atoms with van der Waals surface area (Å²) in [5.74, 6) is 0.0533. The fourth-order valence-corrected chi connectivity index (χ4v) is 2.32. The largest absolute Gasteiger partial charge is 0.508 e. The number of nitrogens with zero attached hydrogens (tertiary/aromatic N) is 1. The number of phenols is 1. The number of phenolic OH excluding ortho intramolecular Hbond substituents is 1. The van der Waals surface area contributed by atoms with E-state index in [9.17, 15) is 9.90 Å². The molecule has 0 heterocycles. The van der Waals surface area contributed by atoms with Crippen LogP contribution < -0.4 is 10.6 Å². The van der Waals surface area contributed by atoms with E-state index in [-0.39, 0.29) is 11.7 Å². The van der Waals surface area contributed by atoms with E-state index in [2.05, 4.69) is 0 Å². The van der Waals surface area contributed by atoms with Gasteiger partial charge in [0.2, 0.25) is 0 Å². The van der Waals surface area contributed by atoms with Gasteiger partial charge in [-0.1, -0.05) is 19.1 Å². The number of carbonyl (C=O) groups excluding carboxylic acids is 1. The zero-order chi connectivity index (χ0) is 15.4. The smallest absolute Gasteiger partial charge is 0.258 e. The molecule has 0 aliphatic carbocycles. The van der Waals surface area contributed by atoms with Gasteiger partial charge in [-0.25, -0.2) is 0 Å². The summed E-state index contributed by atoms with van der Waals surface area (Å²) in [5, 5.41) is 9.48. The number of carbonyl (C=O) groups is 1. The van der Waals surface area contributed by atoms with E-state index in [0.717, 1.165) is 17.7 Å². The van der Waals surface area contributed by atoms with E-state index in [0.29, 0.717) is 17.8 Å². The van der Waals surface area contributed by atoms with Crippen LogP contribution in [0.25, 0.3) is 0 Å². The summed E-state index contributed by atoms with van der Waals surface area (Å²) in [6.07, 6.45) is 0.831. The molecule has 2 aromatic rings. The van der Waals surface area contributed by atoms with E-state index in [1.165, 1.54) is 6.07 Å². The molecule has 3 N–H and O–H groups in total. The van der Waals surface area contributed by atoms with Gasteiger partial charge >= 0.3 is 0 Å². The summed E-state index contributed by atoms with van der Waals surface area (Å²) in [6.45, 7) is 4.42. The number of para-hydroxylation sites is 2. The summed E-state index contributed by atoms with van der Waals surface area (Å²) in [7, 11) is 0. The Kier molecular flexibility index (Phi) is 4.48. The van der Waals surface area contributed by atoms with Crippen LogP contribution in [-0.2, 0) is 0 Å². The van der Waals surface area contributed by atoms with Gasteiger partial charge < -0.3 is 15.7 Å². The van der Waals surface area contributed by atoms with Crippen LogP contribution in [0.3, 0.4) is 0 Å². The van der Waals surface area contributed by atoms with Gasteiger partial charge in [-0.3, -0.25) is 4.79 Å². The SMILES string of the molecule is CCCN(C(=O)c1ccc(O)cc1C)c1ccccc1N. The highest BCUT2D eigenvalue weighted by Gasteiger charge is 2.20.